The molecule has 0 spiro atoms. The molecule has 1 aromatic carbocycles. The molecule has 2 aliphatic rings. The Balaban J connectivity index is 1.62. The molecule has 0 unspecified atom stereocenters. The third-order valence-electron chi connectivity index (χ3n) is 3.74. The van der Waals surface area contributed by atoms with Gasteiger partial charge in [-0.15, -0.1) is 9.32 Å². The van der Waals surface area contributed by atoms with Crippen molar-refractivity contribution in [2.75, 3.05) is 19.6 Å². The van der Waals surface area contributed by atoms with Crippen molar-refractivity contribution in [1.82, 2.24) is 0 Å². The summed E-state index contributed by atoms with van der Waals surface area (Å²) in [7, 11) is 0. The molecule has 22 heavy (non-hydrogen) atoms. The number of hydrogen-bond donors (Lipinski definition) is 1. The smallest absolute Gasteiger partial charge is 0.372 e. The van der Waals surface area contributed by atoms with Crippen LogP contribution < -0.4 is 5.90 Å². The van der Waals surface area contributed by atoms with Crippen LogP contribution in [0.1, 0.15) is 5.56 Å². The number of nitrogens with two attached hydrogens (primary N) is 1. The molecule has 3 rings (SSSR count). The van der Waals surface area contributed by atoms with Gasteiger partial charge >= 0.3 is 18.4 Å². The summed E-state index contributed by atoms with van der Waals surface area (Å²) in [5.74, 6) is 4.11. The number of quaternary nitrogens is 1. The second-order valence-corrected chi connectivity index (χ2v) is 5.96. The normalized spacial score (nSPS) is 26.7. The predicted octanol–water partition coefficient (Wildman–Crippen LogP) is 0.272. The Morgan fingerprint density at radius 1 is 1.18 bits per heavy atom. The van der Waals surface area contributed by atoms with Gasteiger partial charge in [0.25, 0.3) is 0 Å². The van der Waals surface area contributed by atoms with Crippen LogP contribution in [0.2, 0.25) is 0 Å². The van der Waals surface area contributed by atoms with Gasteiger partial charge in [0, 0.05) is 11.3 Å². The molecular formula is C13H15N2O6S+. The molecule has 0 saturated carbocycles. The lowest BCUT2D eigenvalue weighted by molar-refractivity contribution is -0.948. The van der Waals surface area contributed by atoms with Crippen LogP contribution in [0.15, 0.2) is 29.2 Å². The molecule has 0 atom stereocenters. The summed E-state index contributed by atoms with van der Waals surface area (Å²) in [5.41, 5.74) is 1.07. The second-order valence-electron chi connectivity index (χ2n) is 5.19. The van der Waals surface area contributed by atoms with E-state index in [1.807, 2.05) is 24.3 Å². The van der Waals surface area contributed by atoms with Crippen LogP contribution in [0.3, 0.4) is 0 Å². The fourth-order valence-electron chi connectivity index (χ4n) is 2.65. The van der Waals surface area contributed by atoms with E-state index >= 15 is 0 Å². The Hall–Kier alpha value is -1.65. The van der Waals surface area contributed by atoms with Gasteiger partial charge in [-0.1, -0.05) is 12.1 Å². The minimum Gasteiger partial charge on any atom is -0.372 e. The number of esters is 2. The van der Waals surface area contributed by atoms with E-state index in [4.69, 9.17) is 15.4 Å². The number of benzene rings is 1. The van der Waals surface area contributed by atoms with Crippen LogP contribution in [0.4, 0.5) is 0 Å². The van der Waals surface area contributed by atoms with Crippen LogP contribution in [-0.4, -0.2) is 42.5 Å². The van der Waals surface area contributed by atoms with Gasteiger partial charge < -0.3 is 9.47 Å². The fraction of sp³-hybridized carbons (Fsp3) is 0.385. The number of nitrogens with zero attached hydrogens (tertiary/aromatic N) is 1. The molecule has 1 aromatic rings. The third kappa shape index (κ3) is 3.08. The summed E-state index contributed by atoms with van der Waals surface area (Å²) < 4.78 is 14.9. The highest BCUT2D eigenvalue weighted by atomic mass is 32.2. The minimum atomic E-state index is -0.787. The van der Waals surface area contributed by atoms with Gasteiger partial charge in [-0.05, 0) is 17.7 Å². The summed E-state index contributed by atoms with van der Waals surface area (Å²) in [4.78, 5) is 27.8. The van der Waals surface area contributed by atoms with Crippen LogP contribution >= 0.6 is 12.0 Å². The zero-order chi connectivity index (χ0) is 15.6. The van der Waals surface area contributed by atoms with Crippen LogP contribution in [0, 0.1) is 0 Å². The van der Waals surface area contributed by atoms with Crippen molar-refractivity contribution in [1.29, 1.82) is 0 Å². The topological polar surface area (TPSA) is 97.1 Å². The van der Waals surface area contributed by atoms with Gasteiger partial charge in [0.15, 0.2) is 13.1 Å². The highest BCUT2D eigenvalue weighted by Gasteiger charge is 2.57. The Bertz CT molecular complexity index is 558. The lowest BCUT2D eigenvalue weighted by Gasteiger charge is -2.26. The van der Waals surface area contributed by atoms with Gasteiger partial charge in [-0.25, -0.2) is 14.1 Å². The van der Waals surface area contributed by atoms with E-state index in [2.05, 4.69) is 9.32 Å². The maximum atomic E-state index is 11.5. The molecule has 9 heteroatoms. The first-order valence-corrected chi connectivity index (χ1v) is 7.39. The zero-order valence-corrected chi connectivity index (χ0v) is 12.4. The fourth-order valence-corrected chi connectivity index (χ4v) is 3.02. The van der Waals surface area contributed by atoms with Crippen molar-refractivity contribution in [2.45, 2.75) is 17.7 Å². The summed E-state index contributed by atoms with van der Waals surface area (Å²) in [6, 6.07) is 7.61. The quantitative estimate of drug-likeness (QED) is 0.261. The molecule has 0 radical (unpaired) electrons. The number of ether oxygens (including phenoxy) is 2. The average molecular weight is 327 g/mol. The van der Waals surface area contributed by atoms with Crippen molar-refractivity contribution in [2.24, 2.45) is 5.90 Å². The standard InChI is InChI=1S/C13H15N2O6S/c14-20-21-22-10-3-1-9(2-4-10)5-6-15-7-11(16)18-13(15)19-12(17)8-15/h1-4,13H,5-8,14H2/q+1. The number of fused-ring (bicyclic) bond motifs is 1. The Labute approximate surface area is 130 Å². The van der Waals surface area contributed by atoms with E-state index in [1.165, 1.54) is 0 Å². The molecule has 8 nitrogen and oxygen atoms in total. The van der Waals surface area contributed by atoms with Crippen molar-refractivity contribution >= 4 is 24.0 Å². The summed E-state index contributed by atoms with van der Waals surface area (Å²) in [5, 5.41) is 0. The molecule has 2 heterocycles. The lowest BCUT2D eigenvalue weighted by atomic mass is 10.1. The molecule has 2 fully saturated rings. The number of hydrogen-bond acceptors (Lipinski definition) is 8. The van der Waals surface area contributed by atoms with Gasteiger partial charge in [0.1, 0.15) is 0 Å². The molecule has 0 aromatic heterocycles. The highest BCUT2D eigenvalue weighted by molar-refractivity contribution is 7.94. The molecule has 0 aliphatic carbocycles. The van der Waals surface area contributed by atoms with Gasteiger partial charge in [-0.3, -0.25) is 0 Å². The van der Waals surface area contributed by atoms with Crippen molar-refractivity contribution in [3.8, 4) is 0 Å². The molecule has 2 N–H and O–H groups in total. The summed E-state index contributed by atoms with van der Waals surface area (Å²) in [6.45, 7) is 0.940. The van der Waals surface area contributed by atoms with E-state index in [0.717, 1.165) is 22.5 Å². The Morgan fingerprint density at radius 3 is 2.41 bits per heavy atom. The number of rotatable bonds is 6. The molecule has 2 saturated heterocycles. The Morgan fingerprint density at radius 2 is 1.82 bits per heavy atom. The maximum Gasteiger partial charge on any atom is 0.399 e. The van der Waals surface area contributed by atoms with E-state index < -0.39 is 6.41 Å². The van der Waals surface area contributed by atoms with Crippen LogP contribution in [0.25, 0.3) is 0 Å². The Kier molecular flexibility index (Phi) is 4.32. The van der Waals surface area contributed by atoms with Crippen molar-refractivity contribution in [3.63, 3.8) is 0 Å². The molecular weight excluding hydrogens is 312 g/mol. The van der Waals surface area contributed by atoms with Gasteiger partial charge in [0.05, 0.1) is 18.6 Å². The predicted molar refractivity (Wildman–Crippen MR) is 73.2 cm³/mol. The first kappa shape index (κ1) is 15.3. The van der Waals surface area contributed by atoms with Crippen LogP contribution in [0.5, 0.6) is 0 Å². The maximum absolute atomic E-state index is 11.5. The highest BCUT2D eigenvalue weighted by Crippen LogP contribution is 2.30. The zero-order valence-electron chi connectivity index (χ0n) is 11.6. The third-order valence-corrected chi connectivity index (χ3v) is 4.35. The molecule has 2 aliphatic heterocycles. The van der Waals surface area contributed by atoms with Gasteiger partial charge in [0.2, 0.25) is 0 Å². The monoisotopic (exact) mass is 327 g/mol. The average Bonchev–Trinajstić information content (AvgIpc) is 2.95. The van der Waals surface area contributed by atoms with E-state index in [0.29, 0.717) is 13.0 Å². The second kappa shape index (κ2) is 6.23. The first-order valence-electron chi connectivity index (χ1n) is 6.65. The number of carbonyl (C=O) groups excluding carboxylic acids is 2. The minimum absolute atomic E-state index is 0.173. The molecule has 0 bridgehead atoms. The molecule has 0 amide bonds. The number of carbonyl (C=O) groups is 2. The van der Waals surface area contributed by atoms with Crippen LogP contribution in [-0.2, 0) is 34.8 Å². The van der Waals surface area contributed by atoms with Gasteiger partial charge in [-0.2, -0.15) is 5.90 Å². The summed E-state index contributed by atoms with van der Waals surface area (Å²) in [6.07, 6.45) is -0.0897. The molecule has 118 valence electrons. The lowest BCUT2D eigenvalue weighted by Crippen LogP contribution is -2.50. The van der Waals surface area contributed by atoms with Crippen molar-refractivity contribution in [3.05, 3.63) is 29.8 Å². The SMILES string of the molecule is NOOSc1ccc(CC[N+]23CC(=O)OC2OC(=O)C3)cc1. The van der Waals surface area contributed by atoms with E-state index in [-0.39, 0.29) is 29.5 Å². The van der Waals surface area contributed by atoms with E-state index in [9.17, 15) is 9.59 Å². The first-order chi connectivity index (χ1) is 10.6. The van der Waals surface area contributed by atoms with Crippen molar-refractivity contribution < 1.29 is 32.9 Å². The summed E-state index contributed by atoms with van der Waals surface area (Å²) >= 11 is 1.01. The largest absolute Gasteiger partial charge is 0.399 e. The van der Waals surface area contributed by atoms with E-state index in [1.54, 1.807) is 0 Å².